The van der Waals surface area contributed by atoms with Crippen LogP contribution in [0, 0.1) is 110 Å². The first-order valence-electron chi connectivity index (χ1n) is 55.0. The van der Waals surface area contributed by atoms with Gasteiger partial charge in [-0.25, -0.2) is 19.0 Å². The molecule has 0 spiro atoms. The number of ether oxygens (including phenoxy) is 2. The summed E-state index contributed by atoms with van der Waals surface area (Å²) < 4.78 is 17.2. The van der Waals surface area contributed by atoms with Crippen molar-refractivity contribution in [3.63, 3.8) is 0 Å². The SMILES string of the molecule is CC(C)OCCN1CCN(C(=O)CC23CC4CC(C2)CC(n2cncn2)(C4)C3)CC1.CNC(CN)C12CC3CC(CC(c4ccccc4)(C3)C1)C2.COc1ccc(N2CCN(C(=O)CC34CC5CC(C3)CC(n3cnnn3)(C5)C4)CC2)cc1.NCC(N)C12CC3CC(CC(c4ccccc4)(C3)C1)C2.O=C(CC12CC3CC(C1)CC(n1cnnn1)(C3)C2)N1CCN(C2C3CC4CC(C3)CC2C4)CC1. The molecule has 12 unspecified atom stereocenters. The predicted octanol–water partition coefficient (Wildman–Crippen LogP) is 14.5. The van der Waals surface area contributed by atoms with Gasteiger partial charge in [0.25, 0.3) is 0 Å². The lowest BCUT2D eigenvalue weighted by Crippen LogP contribution is -2.61. The number of nitrogens with zero attached hydrogens (tertiary/aromatic N) is 17. The lowest BCUT2D eigenvalue weighted by Gasteiger charge is -2.64. The molecule has 742 valence electrons. The van der Waals surface area contributed by atoms with E-state index in [0.717, 1.165) is 213 Å². The number of benzene rings is 3. The third-order valence-electron chi connectivity index (χ3n) is 41.9. The van der Waals surface area contributed by atoms with E-state index in [-0.39, 0.29) is 45.0 Å². The van der Waals surface area contributed by atoms with E-state index in [9.17, 15) is 14.4 Å². The number of aromatic nitrogens is 11. The molecule has 12 atom stereocenters. The van der Waals surface area contributed by atoms with E-state index in [1.165, 1.54) is 211 Å². The highest BCUT2D eigenvalue weighted by Crippen LogP contribution is 2.72. The zero-order valence-electron chi connectivity index (χ0n) is 83.3. The van der Waals surface area contributed by atoms with Gasteiger partial charge in [-0.2, -0.15) is 5.10 Å². The molecule has 3 aliphatic heterocycles. The second-order valence-electron chi connectivity index (χ2n) is 51.3. The molecule has 3 aromatic carbocycles. The van der Waals surface area contributed by atoms with Gasteiger partial charge in [-0.3, -0.25) is 24.2 Å². The molecular formula is C111H163N21O5. The number of nitrogens with two attached hydrogens (primary N) is 3. The number of hydrogen-bond acceptors (Lipinski definition) is 20. The van der Waals surface area contributed by atoms with Crippen molar-refractivity contribution in [3.8, 4) is 5.75 Å². The smallest absolute Gasteiger partial charge is 0.223 e. The van der Waals surface area contributed by atoms with Crippen LogP contribution in [0.2, 0.25) is 0 Å². The van der Waals surface area contributed by atoms with E-state index in [1.54, 1.807) is 30.9 Å². The van der Waals surface area contributed by atoms with Crippen molar-refractivity contribution in [2.24, 2.45) is 127 Å². The summed E-state index contributed by atoms with van der Waals surface area (Å²) in [4.78, 5) is 58.7. The first-order valence-corrected chi connectivity index (χ1v) is 55.0. The topological polar surface area (TPSA) is 297 Å². The van der Waals surface area contributed by atoms with Crippen molar-refractivity contribution in [2.45, 2.75) is 310 Å². The number of methoxy groups -OCH3 is 1. The summed E-state index contributed by atoms with van der Waals surface area (Å²) in [5.74, 6) is 14.0. The van der Waals surface area contributed by atoms with Crippen molar-refractivity contribution >= 4 is 23.4 Å². The number of hydrogen-bond donors (Lipinski definition) is 4. The molecule has 24 aliphatic carbocycles. The van der Waals surface area contributed by atoms with E-state index in [4.69, 9.17) is 26.7 Å². The summed E-state index contributed by atoms with van der Waals surface area (Å²) in [5, 5.41) is 32.5. The third kappa shape index (κ3) is 18.0. The Labute approximate surface area is 815 Å². The zero-order valence-corrected chi connectivity index (χ0v) is 83.3. The first-order chi connectivity index (χ1) is 66.4. The summed E-state index contributed by atoms with van der Waals surface area (Å²) in [7, 11) is 3.79. The van der Waals surface area contributed by atoms with Gasteiger partial charge in [0, 0.05) is 141 Å². The molecule has 0 radical (unpaired) electrons. The highest BCUT2D eigenvalue weighted by Gasteiger charge is 2.66. The number of nitrogens with one attached hydrogen (secondary N) is 1. The highest BCUT2D eigenvalue weighted by atomic mass is 16.5. The Balaban J connectivity index is 0.0000000975. The van der Waals surface area contributed by atoms with Crippen LogP contribution < -0.4 is 32.2 Å². The first kappa shape index (κ1) is 93.3. The van der Waals surface area contributed by atoms with E-state index in [1.807, 2.05) is 29.5 Å². The molecule has 26 nitrogen and oxygen atoms in total. The summed E-state index contributed by atoms with van der Waals surface area (Å²) in [5.41, 5.74) is 25.2. The largest absolute Gasteiger partial charge is 0.497 e. The van der Waals surface area contributed by atoms with Crippen molar-refractivity contribution in [2.75, 3.05) is 124 Å². The maximum Gasteiger partial charge on any atom is 0.223 e. The van der Waals surface area contributed by atoms with Gasteiger partial charge in [-0.05, 0) is 423 Å². The molecule has 27 aliphatic rings. The van der Waals surface area contributed by atoms with Crippen molar-refractivity contribution < 1.29 is 23.9 Å². The number of tetrazole rings is 2. The zero-order chi connectivity index (χ0) is 93.3. The summed E-state index contributed by atoms with van der Waals surface area (Å²) >= 11 is 0. The minimum atomic E-state index is 0.0287. The van der Waals surface area contributed by atoms with Gasteiger partial charge in [-0.1, -0.05) is 60.7 Å². The lowest BCUT2D eigenvalue weighted by atomic mass is 9.41. The number of likely N-dealkylation sites (N-methyl/N-ethyl adjacent to an activating group) is 1. The number of rotatable bonds is 23. The molecular weight excluding hydrogens is 1710 g/mol. The van der Waals surface area contributed by atoms with Crippen LogP contribution in [0.15, 0.2) is 110 Å². The number of amides is 3. The van der Waals surface area contributed by atoms with Crippen molar-refractivity contribution in [3.05, 3.63) is 121 Å². The Kier molecular flexibility index (Phi) is 25.3. The van der Waals surface area contributed by atoms with Crippen LogP contribution in [0.3, 0.4) is 0 Å². The van der Waals surface area contributed by atoms with Crippen LogP contribution in [0.25, 0.3) is 0 Å². The van der Waals surface area contributed by atoms with E-state index in [0.29, 0.717) is 70.2 Å². The lowest BCUT2D eigenvalue weighted by molar-refractivity contribution is -0.149. The van der Waals surface area contributed by atoms with Gasteiger partial charge in [0.05, 0.1) is 36.4 Å². The van der Waals surface area contributed by atoms with Crippen LogP contribution in [0.1, 0.15) is 269 Å². The van der Waals surface area contributed by atoms with Crippen LogP contribution in [0.5, 0.6) is 5.75 Å². The third-order valence-corrected chi connectivity index (χ3v) is 41.9. The van der Waals surface area contributed by atoms with Crippen LogP contribution in [-0.2, 0) is 46.6 Å². The van der Waals surface area contributed by atoms with Gasteiger partial charge in [0.1, 0.15) is 31.1 Å². The van der Waals surface area contributed by atoms with E-state index >= 15 is 0 Å². The molecule has 33 rings (SSSR count). The van der Waals surface area contributed by atoms with E-state index in [2.05, 4.69) is 179 Å². The monoisotopic (exact) mass is 1870 g/mol. The molecule has 137 heavy (non-hydrogen) atoms. The quantitative estimate of drug-likeness (QED) is 0.0463. The Hall–Kier alpha value is -7.33. The van der Waals surface area contributed by atoms with Crippen LogP contribution >= 0.6 is 0 Å². The Bertz CT molecular complexity index is 5010. The van der Waals surface area contributed by atoms with Gasteiger partial charge in [0.2, 0.25) is 17.7 Å². The normalized spacial score (nSPS) is 40.8. The molecule has 24 saturated carbocycles. The van der Waals surface area contributed by atoms with Gasteiger partial charge >= 0.3 is 0 Å². The molecule has 6 aromatic rings. The number of anilines is 1. The number of piperazine rings is 3. The van der Waals surface area contributed by atoms with Gasteiger partial charge in [-0.15, -0.1) is 10.2 Å². The maximum atomic E-state index is 13.7. The fourth-order valence-electron chi connectivity index (χ4n) is 39.2. The molecule has 3 saturated heterocycles. The average Bonchev–Trinajstić information content (AvgIpc) is 1.73. The van der Waals surface area contributed by atoms with Crippen LogP contribution in [0.4, 0.5) is 5.69 Å². The summed E-state index contributed by atoms with van der Waals surface area (Å²) in [6, 6.07) is 32.3. The van der Waals surface area contributed by atoms with Gasteiger partial charge in [0.15, 0.2) is 0 Å². The fraction of sp³-hybridized carbons (Fsp3) is 0.775. The Morgan fingerprint density at radius 1 is 0.438 bits per heavy atom. The second kappa shape index (κ2) is 37.1. The second-order valence-corrected chi connectivity index (χ2v) is 51.3. The molecule has 27 fully saturated rings. The molecule has 24 bridgehead atoms. The Morgan fingerprint density at radius 3 is 1.23 bits per heavy atom. The minimum Gasteiger partial charge on any atom is -0.497 e. The fourth-order valence-corrected chi connectivity index (χ4v) is 39.2. The van der Waals surface area contributed by atoms with Crippen molar-refractivity contribution in [1.29, 1.82) is 0 Å². The standard InChI is InChI=1S/C27H40N6O.C24H32N6O2.C23H37N5O2.C19H28N2.C18H26N2/c34-24(15-26-11-20-6-21(12-26)14-27(13-20,16-26)33-17-28-29-30-33)31-1-3-32(4-2-31)25-22-7-18-5-19(9-22)10-23(25)8-18;1-32-21-4-2-20(3-5-21)28-6-8-29(9-7-28)22(31)15-23-11-18-10-19(12-23)14-24(13-18,16-23)30-17-25-26-27-30;1-18(2)30-8-7-26-3-5-27(6-4-26)21(29)14-22-10-19-9-20(11-22)13-23(12-19,15-22)28-17-24-16-25-28;1-21-17(12-20)19-10-14-7-15(11-19)9-18(8-14,13-19)16-5-3-2-4-6-16;19-11-16(20)18-9-13-6-14(10-18)8-17(7-13,12-18)15-4-2-1-3-5-15/h17-23,25H,1-16H2;2-5,17-19H,6-16H2,1H3;16-20H,3-15H2,1-2H3;2-6,14-15,17,21H,7-13,20H2,1H3;1-5,13-14,16H,6-12,19-20H2. The molecule has 7 N–H and O–H groups in total. The molecule has 3 aromatic heterocycles. The van der Waals surface area contributed by atoms with Gasteiger partial charge < -0.3 is 51.6 Å². The Morgan fingerprint density at radius 2 is 0.839 bits per heavy atom. The number of carbonyl (C=O) groups is 3. The maximum absolute atomic E-state index is 13.7. The molecule has 3 amide bonds. The summed E-state index contributed by atoms with van der Waals surface area (Å²) in [6.45, 7) is 18.4. The molecule has 26 heteroatoms. The van der Waals surface area contributed by atoms with Crippen LogP contribution in [-0.4, -0.2) is 241 Å². The number of carbonyl (C=O) groups excluding carboxylic acids is 3. The van der Waals surface area contributed by atoms with E-state index < -0.39 is 0 Å². The highest BCUT2D eigenvalue weighted by molar-refractivity contribution is 5.78. The molecule has 6 heterocycles. The van der Waals surface area contributed by atoms with Crippen molar-refractivity contribution in [1.82, 2.24) is 85.0 Å². The average molecular weight is 1870 g/mol. The summed E-state index contributed by atoms with van der Waals surface area (Å²) in [6.07, 6.45) is 55.5. The minimum absolute atomic E-state index is 0.0287. The predicted molar refractivity (Wildman–Crippen MR) is 529 cm³/mol.